The van der Waals surface area contributed by atoms with Crippen LogP contribution in [0, 0.1) is 0 Å². The minimum atomic E-state index is 0.652. The fourth-order valence-corrected chi connectivity index (χ4v) is 1.64. The zero-order valence-corrected chi connectivity index (χ0v) is 10.3. The van der Waals surface area contributed by atoms with Crippen LogP contribution in [-0.2, 0) is 0 Å². The largest absolute Gasteiger partial charge is 0.357 e. The highest BCUT2D eigenvalue weighted by Gasteiger charge is 2.14. The minimum Gasteiger partial charge on any atom is -0.357 e. The number of guanidine groups is 1. The van der Waals surface area contributed by atoms with Crippen LogP contribution in [-0.4, -0.2) is 37.0 Å². The molecular weight excluding hydrogens is 242 g/mol. The second-order valence-corrected chi connectivity index (χ2v) is 4.50. The van der Waals surface area contributed by atoms with Crippen LogP contribution < -0.4 is 5.32 Å². The minimum absolute atomic E-state index is 0.652. The molecule has 0 aromatic carbocycles. The molecule has 0 spiro atoms. The molecule has 0 aromatic rings. The van der Waals surface area contributed by atoms with Gasteiger partial charge in [0.2, 0.25) is 0 Å². The number of likely N-dealkylation sites (tertiary alicyclic amines) is 1. The lowest BCUT2D eigenvalue weighted by atomic mass is 10.4. The van der Waals surface area contributed by atoms with E-state index in [2.05, 4.69) is 44.6 Å². The molecular formula is C10H18BrN3. The summed E-state index contributed by atoms with van der Waals surface area (Å²) in [6.07, 6.45) is 2.55. The summed E-state index contributed by atoms with van der Waals surface area (Å²) in [6.45, 7) is 9.69. The van der Waals surface area contributed by atoms with E-state index in [1.165, 1.54) is 12.8 Å². The van der Waals surface area contributed by atoms with Gasteiger partial charge in [-0.3, -0.25) is 0 Å². The molecule has 4 heteroatoms. The van der Waals surface area contributed by atoms with Gasteiger partial charge in [0.15, 0.2) is 5.96 Å². The summed E-state index contributed by atoms with van der Waals surface area (Å²) in [5.74, 6) is 1.02. The summed E-state index contributed by atoms with van der Waals surface area (Å²) in [7, 11) is 0. The van der Waals surface area contributed by atoms with Gasteiger partial charge in [0.05, 0.1) is 6.54 Å². The predicted octanol–water partition coefficient (Wildman–Crippen LogP) is 1.96. The molecule has 3 nitrogen and oxygen atoms in total. The second kappa shape index (κ2) is 6.06. The molecule has 0 aromatic heterocycles. The van der Waals surface area contributed by atoms with Gasteiger partial charge >= 0.3 is 0 Å². The van der Waals surface area contributed by atoms with Crippen LogP contribution in [0.2, 0.25) is 0 Å². The molecule has 0 amide bonds. The van der Waals surface area contributed by atoms with Crippen LogP contribution in [0.15, 0.2) is 16.1 Å². The maximum atomic E-state index is 4.48. The molecule has 1 N–H and O–H groups in total. The number of rotatable bonds is 3. The highest BCUT2D eigenvalue weighted by atomic mass is 79.9. The van der Waals surface area contributed by atoms with Crippen molar-refractivity contribution in [2.24, 2.45) is 4.99 Å². The monoisotopic (exact) mass is 259 g/mol. The van der Waals surface area contributed by atoms with E-state index in [4.69, 9.17) is 0 Å². The summed E-state index contributed by atoms with van der Waals surface area (Å²) < 4.78 is 0.923. The molecule has 0 atom stereocenters. The Hall–Kier alpha value is -0.510. The average molecular weight is 260 g/mol. The Morgan fingerprint density at radius 1 is 1.50 bits per heavy atom. The van der Waals surface area contributed by atoms with E-state index >= 15 is 0 Å². The van der Waals surface area contributed by atoms with Gasteiger partial charge in [0.1, 0.15) is 0 Å². The summed E-state index contributed by atoms with van der Waals surface area (Å²) in [4.78, 5) is 6.79. The number of aliphatic imine (C=N–C) groups is 1. The van der Waals surface area contributed by atoms with Gasteiger partial charge in [0, 0.05) is 24.1 Å². The average Bonchev–Trinajstić information content (AvgIpc) is 2.64. The fourth-order valence-electron chi connectivity index (χ4n) is 1.52. The lowest BCUT2D eigenvalue weighted by molar-refractivity contribution is 0.495. The molecule has 1 aliphatic rings. The summed E-state index contributed by atoms with van der Waals surface area (Å²) >= 11 is 3.31. The SMILES string of the molecule is C=C(Br)CN=C(NCC)N1CCCC1. The lowest BCUT2D eigenvalue weighted by Crippen LogP contribution is -2.39. The van der Waals surface area contributed by atoms with Crippen molar-refractivity contribution in [3.8, 4) is 0 Å². The first-order valence-corrected chi connectivity index (χ1v) is 5.90. The van der Waals surface area contributed by atoms with Crippen LogP contribution in [0.25, 0.3) is 0 Å². The van der Waals surface area contributed by atoms with Crippen molar-refractivity contribution < 1.29 is 0 Å². The van der Waals surface area contributed by atoms with Crippen molar-refractivity contribution >= 4 is 21.9 Å². The van der Waals surface area contributed by atoms with E-state index in [0.29, 0.717) is 6.54 Å². The number of nitrogens with zero attached hydrogens (tertiary/aromatic N) is 2. The quantitative estimate of drug-likeness (QED) is 0.620. The molecule has 0 aliphatic carbocycles. The van der Waals surface area contributed by atoms with Crippen LogP contribution >= 0.6 is 15.9 Å². The molecule has 1 heterocycles. The maximum absolute atomic E-state index is 4.48. The smallest absolute Gasteiger partial charge is 0.194 e. The van der Waals surface area contributed by atoms with E-state index in [-0.39, 0.29) is 0 Å². The van der Waals surface area contributed by atoms with Crippen LogP contribution in [0.5, 0.6) is 0 Å². The Morgan fingerprint density at radius 3 is 2.64 bits per heavy atom. The van der Waals surface area contributed by atoms with Crippen molar-refractivity contribution in [2.75, 3.05) is 26.2 Å². The van der Waals surface area contributed by atoms with E-state index in [9.17, 15) is 0 Å². The molecule has 0 unspecified atom stereocenters. The Labute approximate surface area is 94.4 Å². The van der Waals surface area contributed by atoms with Crippen molar-refractivity contribution in [3.05, 3.63) is 11.1 Å². The molecule has 1 fully saturated rings. The van der Waals surface area contributed by atoms with E-state index in [1.54, 1.807) is 0 Å². The third kappa shape index (κ3) is 3.70. The normalized spacial score (nSPS) is 17.3. The molecule has 0 saturated carbocycles. The van der Waals surface area contributed by atoms with Gasteiger partial charge < -0.3 is 10.2 Å². The van der Waals surface area contributed by atoms with Crippen molar-refractivity contribution in [3.63, 3.8) is 0 Å². The van der Waals surface area contributed by atoms with Crippen molar-refractivity contribution in [1.29, 1.82) is 0 Å². The number of hydrogen-bond acceptors (Lipinski definition) is 1. The standard InChI is InChI=1S/C10H18BrN3/c1-3-12-10(13-8-9(2)11)14-6-4-5-7-14/h2-8H2,1H3,(H,12,13). The van der Waals surface area contributed by atoms with E-state index in [1.807, 2.05) is 0 Å². The van der Waals surface area contributed by atoms with E-state index in [0.717, 1.165) is 30.1 Å². The number of nitrogens with one attached hydrogen (secondary N) is 1. The maximum Gasteiger partial charge on any atom is 0.194 e. The molecule has 1 saturated heterocycles. The topological polar surface area (TPSA) is 27.6 Å². The summed E-state index contributed by atoms with van der Waals surface area (Å²) in [5, 5.41) is 3.29. The first-order chi connectivity index (χ1) is 6.74. The third-order valence-electron chi connectivity index (χ3n) is 2.14. The predicted molar refractivity (Wildman–Crippen MR) is 64.9 cm³/mol. The Morgan fingerprint density at radius 2 is 2.14 bits per heavy atom. The van der Waals surface area contributed by atoms with Gasteiger partial charge in [-0.1, -0.05) is 22.5 Å². The molecule has 14 heavy (non-hydrogen) atoms. The Balaban J connectivity index is 2.52. The molecule has 0 bridgehead atoms. The zero-order valence-electron chi connectivity index (χ0n) is 8.72. The summed E-state index contributed by atoms with van der Waals surface area (Å²) in [5.41, 5.74) is 0. The second-order valence-electron chi connectivity index (χ2n) is 3.38. The highest BCUT2D eigenvalue weighted by Crippen LogP contribution is 2.08. The molecule has 80 valence electrons. The van der Waals surface area contributed by atoms with Gasteiger partial charge in [-0.05, 0) is 19.8 Å². The van der Waals surface area contributed by atoms with Gasteiger partial charge in [0.25, 0.3) is 0 Å². The molecule has 0 radical (unpaired) electrons. The molecule has 1 rings (SSSR count). The van der Waals surface area contributed by atoms with Gasteiger partial charge in [-0.2, -0.15) is 0 Å². The van der Waals surface area contributed by atoms with Crippen LogP contribution in [0.1, 0.15) is 19.8 Å². The van der Waals surface area contributed by atoms with Gasteiger partial charge in [-0.25, -0.2) is 4.99 Å². The summed E-state index contributed by atoms with van der Waals surface area (Å²) in [6, 6.07) is 0. The number of hydrogen-bond donors (Lipinski definition) is 1. The lowest BCUT2D eigenvalue weighted by Gasteiger charge is -2.20. The Bertz CT molecular complexity index is 219. The van der Waals surface area contributed by atoms with Crippen LogP contribution in [0.4, 0.5) is 0 Å². The first-order valence-electron chi connectivity index (χ1n) is 5.10. The Kier molecular flexibility index (Phi) is 5.01. The van der Waals surface area contributed by atoms with Crippen LogP contribution in [0.3, 0.4) is 0 Å². The van der Waals surface area contributed by atoms with E-state index < -0.39 is 0 Å². The first kappa shape index (κ1) is 11.6. The van der Waals surface area contributed by atoms with Crippen molar-refractivity contribution in [2.45, 2.75) is 19.8 Å². The van der Waals surface area contributed by atoms with Crippen molar-refractivity contribution in [1.82, 2.24) is 10.2 Å². The fraction of sp³-hybridized carbons (Fsp3) is 0.700. The van der Waals surface area contributed by atoms with Gasteiger partial charge in [-0.15, -0.1) is 0 Å². The molecule has 1 aliphatic heterocycles. The zero-order chi connectivity index (χ0) is 10.4. The highest BCUT2D eigenvalue weighted by molar-refractivity contribution is 9.11. The number of halogens is 1. The third-order valence-corrected chi connectivity index (χ3v) is 2.39.